The van der Waals surface area contributed by atoms with Crippen LogP contribution in [0, 0.1) is 0 Å². The van der Waals surface area contributed by atoms with Gasteiger partial charge in [0.05, 0.1) is 7.11 Å². The minimum absolute atomic E-state index is 0.758. The van der Waals surface area contributed by atoms with Gasteiger partial charge in [-0.25, -0.2) is 4.68 Å². The Morgan fingerprint density at radius 3 is 2.60 bits per heavy atom. The third kappa shape index (κ3) is 1.81. The average molecular weight is 204 g/mol. The fourth-order valence-electron chi connectivity index (χ4n) is 1.36. The van der Waals surface area contributed by atoms with Crippen LogP contribution in [-0.4, -0.2) is 27.3 Å². The van der Waals surface area contributed by atoms with Crippen molar-refractivity contribution >= 4 is 0 Å². The third-order valence-corrected chi connectivity index (χ3v) is 2.18. The van der Waals surface area contributed by atoms with Crippen molar-refractivity contribution in [2.75, 3.05) is 7.11 Å². The molecule has 0 atom stereocenters. The number of hydrogen-bond donors (Lipinski definition) is 0. The van der Waals surface area contributed by atoms with Gasteiger partial charge in [0.15, 0.2) is 5.82 Å². The summed E-state index contributed by atoms with van der Waals surface area (Å²) >= 11 is 0. The first-order chi connectivity index (χ1) is 7.35. The van der Waals surface area contributed by atoms with E-state index in [0.29, 0.717) is 0 Å². The van der Waals surface area contributed by atoms with Crippen LogP contribution in [0.25, 0.3) is 11.4 Å². The van der Waals surface area contributed by atoms with Crippen molar-refractivity contribution < 1.29 is 4.74 Å². The predicted molar refractivity (Wildman–Crippen MR) is 55.5 cm³/mol. The highest BCUT2D eigenvalue weighted by atomic mass is 16.5. The first-order valence-electron chi connectivity index (χ1n) is 4.75. The van der Waals surface area contributed by atoms with Gasteiger partial charge in [-0.1, -0.05) is 0 Å². The lowest BCUT2D eigenvalue weighted by molar-refractivity contribution is 0.415. The van der Waals surface area contributed by atoms with Gasteiger partial charge in [-0.2, -0.15) is 0 Å². The Morgan fingerprint density at radius 1 is 1.27 bits per heavy atom. The zero-order valence-electron chi connectivity index (χ0n) is 8.71. The molecule has 0 aliphatic carbocycles. The first-order valence-corrected chi connectivity index (χ1v) is 4.75. The fourth-order valence-corrected chi connectivity index (χ4v) is 1.36. The van der Waals surface area contributed by atoms with Gasteiger partial charge in [0.1, 0.15) is 5.75 Å². The summed E-state index contributed by atoms with van der Waals surface area (Å²) in [6, 6.07) is 7.67. The molecule has 15 heavy (non-hydrogen) atoms. The maximum absolute atomic E-state index is 5.08. The molecule has 0 saturated heterocycles. The molecule has 0 saturated carbocycles. The lowest BCUT2D eigenvalue weighted by Crippen LogP contribution is -1.99. The van der Waals surface area contributed by atoms with E-state index in [1.165, 1.54) is 0 Å². The van der Waals surface area contributed by atoms with Gasteiger partial charge in [-0.3, -0.25) is 0 Å². The summed E-state index contributed by atoms with van der Waals surface area (Å²) < 4.78 is 6.84. The molecule has 0 N–H and O–H groups in total. The van der Waals surface area contributed by atoms with Crippen LogP contribution in [0.2, 0.25) is 0 Å². The van der Waals surface area contributed by atoms with Gasteiger partial charge in [0, 0.05) is 12.1 Å². The van der Waals surface area contributed by atoms with E-state index in [0.717, 1.165) is 23.7 Å². The molecule has 0 fully saturated rings. The number of nitrogens with zero attached hydrogens (tertiary/aromatic N) is 4. The van der Waals surface area contributed by atoms with Crippen molar-refractivity contribution in [2.45, 2.75) is 13.5 Å². The molecule has 1 aromatic heterocycles. The zero-order chi connectivity index (χ0) is 10.7. The van der Waals surface area contributed by atoms with E-state index in [1.54, 1.807) is 11.8 Å². The van der Waals surface area contributed by atoms with Crippen LogP contribution in [0.3, 0.4) is 0 Å². The van der Waals surface area contributed by atoms with E-state index in [9.17, 15) is 0 Å². The number of hydrogen-bond acceptors (Lipinski definition) is 4. The number of aryl methyl sites for hydroxylation is 1. The van der Waals surface area contributed by atoms with Crippen LogP contribution in [0.4, 0.5) is 0 Å². The molecule has 1 heterocycles. The third-order valence-electron chi connectivity index (χ3n) is 2.18. The largest absolute Gasteiger partial charge is 0.497 e. The van der Waals surface area contributed by atoms with Crippen LogP contribution in [-0.2, 0) is 6.54 Å². The van der Waals surface area contributed by atoms with Crippen LogP contribution in [0.1, 0.15) is 6.92 Å². The van der Waals surface area contributed by atoms with E-state index in [4.69, 9.17) is 4.74 Å². The minimum Gasteiger partial charge on any atom is -0.497 e. The van der Waals surface area contributed by atoms with Gasteiger partial charge >= 0.3 is 0 Å². The average Bonchev–Trinajstić information content (AvgIpc) is 2.77. The summed E-state index contributed by atoms with van der Waals surface area (Å²) in [5.41, 5.74) is 0.989. The van der Waals surface area contributed by atoms with Crippen molar-refractivity contribution in [2.24, 2.45) is 0 Å². The highest BCUT2D eigenvalue weighted by Crippen LogP contribution is 2.19. The second-order valence-electron chi connectivity index (χ2n) is 3.05. The molecule has 0 aliphatic rings. The summed E-state index contributed by atoms with van der Waals surface area (Å²) in [4.78, 5) is 0. The quantitative estimate of drug-likeness (QED) is 0.757. The molecule has 0 bridgehead atoms. The van der Waals surface area contributed by atoms with Crippen LogP contribution in [0.15, 0.2) is 24.3 Å². The predicted octanol–water partition coefficient (Wildman–Crippen LogP) is 1.37. The number of methoxy groups -OCH3 is 1. The van der Waals surface area contributed by atoms with Crippen molar-refractivity contribution in [3.05, 3.63) is 24.3 Å². The standard InChI is InChI=1S/C10H12N4O/c1-3-14-10(11-12-13-14)8-4-6-9(15-2)7-5-8/h4-7H,3H2,1-2H3. The van der Waals surface area contributed by atoms with Gasteiger partial charge < -0.3 is 4.74 Å². The maximum Gasteiger partial charge on any atom is 0.182 e. The van der Waals surface area contributed by atoms with E-state index < -0.39 is 0 Å². The smallest absolute Gasteiger partial charge is 0.182 e. The van der Waals surface area contributed by atoms with Gasteiger partial charge in [-0.05, 0) is 41.6 Å². The number of rotatable bonds is 3. The number of ether oxygens (including phenoxy) is 1. The second kappa shape index (κ2) is 4.08. The molecule has 0 spiro atoms. The highest BCUT2D eigenvalue weighted by Gasteiger charge is 2.06. The summed E-state index contributed by atoms with van der Waals surface area (Å²) in [5.74, 6) is 1.61. The molecular formula is C10H12N4O. The zero-order valence-corrected chi connectivity index (χ0v) is 8.71. The molecule has 1 aromatic carbocycles. The normalized spacial score (nSPS) is 10.3. The van der Waals surface area contributed by atoms with Gasteiger partial charge in [-0.15, -0.1) is 5.10 Å². The topological polar surface area (TPSA) is 52.8 Å². The Balaban J connectivity index is 2.37. The molecule has 2 rings (SSSR count). The van der Waals surface area contributed by atoms with Crippen molar-refractivity contribution in [3.8, 4) is 17.1 Å². The maximum atomic E-state index is 5.08. The van der Waals surface area contributed by atoms with Crippen molar-refractivity contribution in [1.29, 1.82) is 0 Å². The van der Waals surface area contributed by atoms with E-state index in [1.807, 2.05) is 31.2 Å². The highest BCUT2D eigenvalue weighted by molar-refractivity contribution is 5.55. The lowest BCUT2D eigenvalue weighted by atomic mass is 10.2. The SMILES string of the molecule is CCn1nnnc1-c1ccc(OC)cc1. The Kier molecular flexibility index (Phi) is 2.62. The summed E-state index contributed by atoms with van der Waals surface area (Å²) in [6.07, 6.45) is 0. The van der Waals surface area contributed by atoms with E-state index in [2.05, 4.69) is 15.5 Å². The monoisotopic (exact) mass is 204 g/mol. The molecule has 5 nitrogen and oxygen atoms in total. The fraction of sp³-hybridized carbons (Fsp3) is 0.300. The number of tetrazole rings is 1. The molecule has 0 radical (unpaired) electrons. The Hall–Kier alpha value is -1.91. The lowest BCUT2D eigenvalue weighted by Gasteiger charge is -2.02. The van der Waals surface area contributed by atoms with E-state index in [-0.39, 0.29) is 0 Å². The Bertz CT molecular complexity index is 435. The van der Waals surface area contributed by atoms with Crippen LogP contribution < -0.4 is 4.74 Å². The number of aromatic nitrogens is 4. The second-order valence-corrected chi connectivity index (χ2v) is 3.05. The molecule has 0 aliphatic heterocycles. The van der Waals surface area contributed by atoms with Gasteiger partial charge in [0.25, 0.3) is 0 Å². The van der Waals surface area contributed by atoms with Crippen molar-refractivity contribution in [1.82, 2.24) is 20.2 Å². The molecule has 78 valence electrons. The number of benzene rings is 1. The first kappa shape index (κ1) is 9.64. The van der Waals surface area contributed by atoms with Crippen LogP contribution >= 0.6 is 0 Å². The summed E-state index contributed by atoms with van der Waals surface area (Å²) in [6.45, 7) is 2.76. The van der Waals surface area contributed by atoms with E-state index >= 15 is 0 Å². The van der Waals surface area contributed by atoms with Gasteiger partial charge in [0.2, 0.25) is 0 Å². The molecule has 0 amide bonds. The summed E-state index contributed by atoms with van der Waals surface area (Å²) in [5, 5.41) is 11.5. The molecular weight excluding hydrogens is 192 g/mol. The Morgan fingerprint density at radius 2 is 2.00 bits per heavy atom. The molecule has 0 unspecified atom stereocenters. The molecule has 5 heteroatoms. The van der Waals surface area contributed by atoms with Crippen molar-refractivity contribution in [3.63, 3.8) is 0 Å². The Labute approximate surface area is 87.7 Å². The molecule has 2 aromatic rings. The van der Waals surface area contributed by atoms with Crippen LogP contribution in [0.5, 0.6) is 5.75 Å². The summed E-state index contributed by atoms with van der Waals surface area (Å²) in [7, 11) is 1.64. The minimum atomic E-state index is 0.758.